The predicted octanol–water partition coefficient (Wildman–Crippen LogP) is 3.16. The monoisotopic (exact) mass is 316 g/mol. The number of hydrogen-bond donors (Lipinski definition) is 0. The Morgan fingerprint density at radius 1 is 1.23 bits per heavy atom. The Morgan fingerprint density at radius 2 is 1.82 bits per heavy atom. The molecular weight excluding hydrogens is 301 g/mol. The number of ether oxygens (including phenoxy) is 2. The molecule has 2 rings (SSSR count). The Bertz CT molecular complexity index is 545. The van der Waals surface area contributed by atoms with Gasteiger partial charge < -0.3 is 9.47 Å². The van der Waals surface area contributed by atoms with E-state index in [0.717, 1.165) is 0 Å². The summed E-state index contributed by atoms with van der Waals surface area (Å²) in [4.78, 5) is 23.0. The summed E-state index contributed by atoms with van der Waals surface area (Å²) in [5, 5.41) is 0. The summed E-state index contributed by atoms with van der Waals surface area (Å²) in [6.07, 6.45) is -7.44. The average molecular weight is 316 g/mol. The number of benzene rings is 1. The first-order valence-electron chi connectivity index (χ1n) is 6.79. The third kappa shape index (κ3) is 3.85. The molecule has 0 radical (unpaired) electrons. The van der Waals surface area contributed by atoms with Crippen LogP contribution in [0.1, 0.15) is 40.5 Å². The highest BCUT2D eigenvalue weighted by Gasteiger charge is 2.49. The van der Waals surface area contributed by atoms with Gasteiger partial charge in [-0.3, -0.25) is 4.79 Å². The van der Waals surface area contributed by atoms with Crippen molar-refractivity contribution < 1.29 is 32.2 Å². The molecule has 1 aromatic carbocycles. The van der Waals surface area contributed by atoms with Crippen LogP contribution in [0.3, 0.4) is 0 Å². The van der Waals surface area contributed by atoms with Gasteiger partial charge in [-0.15, -0.1) is 0 Å². The summed E-state index contributed by atoms with van der Waals surface area (Å²) >= 11 is 0. The number of Topliss-reactive ketones (excluding diaryl/α,β-unsaturated/α-hetero) is 1. The predicted molar refractivity (Wildman–Crippen MR) is 70.7 cm³/mol. The zero-order chi connectivity index (χ0) is 16.3. The van der Waals surface area contributed by atoms with Crippen LogP contribution in [0.5, 0.6) is 0 Å². The van der Waals surface area contributed by atoms with E-state index >= 15 is 0 Å². The van der Waals surface area contributed by atoms with E-state index in [2.05, 4.69) is 4.74 Å². The first-order chi connectivity index (χ1) is 10.3. The maximum absolute atomic E-state index is 13.0. The molecule has 1 saturated heterocycles. The molecule has 0 amide bonds. The zero-order valence-electron chi connectivity index (χ0n) is 11.9. The van der Waals surface area contributed by atoms with Gasteiger partial charge in [-0.2, -0.15) is 13.2 Å². The lowest BCUT2D eigenvalue weighted by atomic mass is 10.1. The van der Waals surface area contributed by atoms with Crippen molar-refractivity contribution in [3.63, 3.8) is 0 Å². The molecule has 120 valence electrons. The van der Waals surface area contributed by atoms with Crippen molar-refractivity contribution in [2.75, 3.05) is 6.61 Å². The van der Waals surface area contributed by atoms with Crippen molar-refractivity contribution in [3.05, 3.63) is 35.4 Å². The molecule has 0 unspecified atom stereocenters. The van der Waals surface area contributed by atoms with Gasteiger partial charge in [-0.1, -0.05) is 12.1 Å². The third-order valence-corrected chi connectivity index (χ3v) is 3.39. The van der Waals surface area contributed by atoms with Crippen LogP contribution in [0, 0.1) is 0 Å². The second-order valence-corrected chi connectivity index (χ2v) is 5.05. The summed E-state index contributed by atoms with van der Waals surface area (Å²) in [6.45, 7) is 1.58. The van der Waals surface area contributed by atoms with E-state index in [-0.39, 0.29) is 24.4 Å². The molecule has 0 bridgehead atoms. The average Bonchev–Trinajstić information content (AvgIpc) is 2.97. The zero-order valence-corrected chi connectivity index (χ0v) is 11.9. The van der Waals surface area contributed by atoms with Gasteiger partial charge in [0.25, 0.3) is 0 Å². The second-order valence-electron chi connectivity index (χ2n) is 5.05. The van der Waals surface area contributed by atoms with Gasteiger partial charge in [0.1, 0.15) is 6.10 Å². The number of ketones is 1. The Labute approximate surface area is 125 Å². The smallest absolute Gasteiger partial charge is 0.428 e. The van der Waals surface area contributed by atoms with E-state index in [1.54, 1.807) is 0 Å². The van der Waals surface area contributed by atoms with Gasteiger partial charge in [0, 0.05) is 12.2 Å². The largest absolute Gasteiger partial charge is 0.446 e. The maximum Gasteiger partial charge on any atom is 0.428 e. The fraction of sp³-hybridized carbons (Fsp3) is 0.467. The van der Waals surface area contributed by atoms with Crippen LogP contribution < -0.4 is 0 Å². The molecule has 2 atom stereocenters. The van der Waals surface area contributed by atoms with Gasteiger partial charge in [-0.25, -0.2) is 4.79 Å². The van der Waals surface area contributed by atoms with Crippen LogP contribution >= 0.6 is 0 Å². The molecule has 0 N–H and O–H groups in total. The molecule has 1 heterocycles. The summed E-state index contributed by atoms with van der Waals surface area (Å²) in [6, 6.07) is 5.27. The molecule has 0 spiro atoms. The van der Waals surface area contributed by atoms with E-state index in [0.29, 0.717) is 12.0 Å². The molecule has 0 aliphatic carbocycles. The van der Waals surface area contributed by atoms with Crippen molar-refractivity contribution in [2.45, 2.75) is 38.1 Å². The van der Waals surface area contributed by atoms with Crippen LogP contribution in [0.15, 0.2) is 24.3 Å². The Hall–Kier alpha value is -1.89. The van der Waals surface area contributed by atoms with Gasteiger partial charge in [0.05, 0.1) is 5.56 Å². The van der Waals surface area contributed by atoms with Crippen LogP contribution in [-0.4, -0.2) is 36.7 Å². The van der Waals surface area contributed by atoms with Crippen molar-refractivity contribution >= 4 is 11.8 Å². The Morgan fingerprint density at radius 3 is 2.27 bits per heavy atom. The third-order valence-electron chi connectivity index (χ3n) is 3.39. The quantitative estimate of drug-likeness (QED) is 0.632. The van der Waals surface area contributed by atoms with Crippen molar-refractivity contribution in [1.29, 1.82) is 0 Å². The number of carbonyl (C=O) groups is 2. The molecule has 0 saturated carbocycles. The molecule has 1 aromatic rings. The van der Waals surface area contributed by atoms with Crippen LogP contribution in [0.2, 0.25) is 0 Å². The number of rotatable bonds is 4. The number of halogens is 3. The lowest BCUT2D eigenvalue weighted by Gasteiger charge is -2.25. The molecule has 4 nitrogen and oxygen atoms in total. The molecule has 1 fully saturated rings. The first-order valence-corrected chi connectivity index (χ1v) is 6.79. The fourth-order valence-corrected chi connectivity index (χ4v) is 2.22. The number of alkyl halides is 3. The lowest BCUT2D eigenvalue weighted by molar-refractivity contribution is -0.230. The highest BCUT2D eigenvalue weighted by Crippen LogP contribution is 2.31. The van der Waals surface area contributed by atoms with E-state index in [9.17, 15) is 22.8 Å². The summed E-state index contributed by atoms with van der Waals surface area (Å²) in [5.41, 5.74) is 0.320. The Balaban J connectivity index is 2.11. The van der Waals surface area contributed by atoms with Crippen molar-refractivity contribution in [3.8, 4) is 0 Å². The molecule has 0 aromatic heterocycles. The van der Waals surface area contributed by atoms with E-state index < -0.39 is 24.4 Å². The minimum atomic E-state index is -4.69. The minimum absolute atomic E-state index is 0.0442. The van der Waals surface area contributed by atoms with Crippen molar-refractivity contribution in [2.24, 2.45) is 0 Å². The first kappa shape index (κ1) is 16.5. The van der Waals surface area contributed by atoms with Gasteiger partial charge in [0.15, 0.2) is 5.78 Å². The lowest BCUT2D eigenvalue weighted by Crippen LogP contribution is -2.43. The second kappa shape index (κ2) is 6.48. The molecule has 1 aliphatic heterocycles. The van der Waals surface area contributed by atoms with E-state index in [4.69, 9.17) is 4.74 Å². The Kier molecular flexibility index (Phi) is 4.85. The van der Waals surface area contributed by atoms with Crippen LogP contribution in [0.4, 0.5) is 13.2 Å². The molecular formula is C15H15F3O4. The highest BCUT2D eigenvalue weighted by atomic mass is 19.4. The number of esters is 1. The van der Waals surface area contributed by atoms with E-state index in [1.807, 2.05) is 0 Å². The number of hydrogen-bond acceptors (Lipinski definition) is 4. The van der Waals surface area contributed by atoms with Crippen LogP contribution in [-0.2, 0) is 9.47 Å². The molecule has 1 aliphatic rings. The van der Waals surface area contributed by atoms with Gasteiger partial charge in [-0.05, 0) is 31.9 Å². The molecule has 7 heteroatoms. The fourth-order valence-electron chi connectivity index (χ4n) is 2.22. The number of carbonyl (C=O) groups excluding carboxylic acids is 2. The normalized spacial score (nSPS) is 19.7. The van der Waals surface area contributed by atoms with Crippen molar-refractivity contribution in [1.82, 2.24) is 0 Å². The standard InChI is InChI=1S/C15H15F3O4/c1-9(19)10-4-6-11(7-5-10)14(20)22-13(15(16,17)18)12-3-2-8-21-12/h4-7,12-13H,2-3,8H2,1H3/t12-,13+/m0/s1. The topological polar surface area (TPSA) is 52.6 Å². The van der Waals surface area contributed by atoms with Gasteiger partial charge >= 0.3 is 12.1 Å². The SMILES string of the molecule is CC(=O)c1ccc(C(=O)O[C@H]([C@@H]2CCCO2)C(F)(F)F)cc1. The summed E-state index contributed by atoms with van der Waals surface area (Å²) in [7, 11) is 0. The van der Waals surface area contributed by atoms with Crippen LogP contribution in [0.25, 0.3) is 0 Å². The summed E-state index contributed by atoms with van der Waals surface area (Å²) < 4.78 is 48.6. The minimum Gasteiger partial charge on any atom is -0.446 e. The van der Waals surface area contributed by atoms with E-state index in [1.165, 1.54) is 31.2 Å². The molecule has 22 heavy (non-hydrogen) atoms. The highest BCUT2D eigenvalue weighted by molar-refractivity contribution is 5.96. The van der Waals surface area contributed by atoms with Gasteiger partial charge in [0.2, 0.25) is 6.10 Å². The summed E-state index contributed by atoms with van der Waals surface area (Å²) in [5.74, 6) is -1.29. The maximum atomic E-state index is 13.0.